The van der Waals surface area contributed by atoms with Gasteiger partial charge in [-0.2, -0.15) is 0 Å². The minimum absolute atomic E-state index is 0.0125. The number of fused-ring (bicyclic) bond motifs is 2. The molecule has 2 aromatic carbocycles. The Morgan fingerprint density at radius 2 is 2.00 bits per heavy atom. The first-order chi connectivity index (χ1) is 11.5. The molecule has 0 saturated heterocycles. The van der Waals surface area contributed by atoms with Crippen LogP contribution in [0.3, 0.4) is 0 Å². The highest BCUT2D eigenvalue weighted by atomic mass is 32.2. The SMILES string of the molecule is O=c1[nH]c2ccc(S(=O)(=O)NCc3ccc4ncoc4c3)cc2o1. The van der Waals surface area contributed by atoms with Crippen LogP contribution in [-0.2, 0) is 16.6 Å². The number of aromatic amines is 1. The van der Waals surface area contributed by atoms with Gasteiger partial charge in [0.1, 0.15) is 5.52 Å². The number of nitrogens with zero attached hydrogens (tertiary/aromatic N) is 1. The number of rotatable bonds is 4. The Morgan fingerprint density at radius 1 is 1.12 bits per heavy atom. The fourth-order valence-corrected chi connectivity index (χ4v) is 3.40. The molecular formula is C15H11N3O5S. The van der Waals surface area contributed by atoms with Crippen LogP contribution in [0.1, 0.15) is 5.56 Å². The van der Waals surface area contributed by atoms with E-state index in [9.17, 15) is 13.2 Å². The Labute approximate surface area is 135 Å². The third-order valence-electron chi connectivity index (χ3n) is 3.56. The zero-order valence-electron chi connectivity index (χ0n) is 12.1. The van der Waals surface area contributed by atoms with Crippen LogP contribution in [-0.4, -0.2) is 18.4 Å². The van der Waals surface area contributed by atoms with E-state index >= 15 is 0 Å². The number of aromatic nitrogens is 2. The monoisotopic (exact) mass is 345 g/mol. The summed E-state index contributed by atoms with van der Waals surface area (Å²) in [5.41, 5.74) is 2.65. The minimum Gasteiger partial charge on any atom is -0.443 e. The van der Waals surface area contributed by atoms with Crippen molar-refractivity contribution >= 4 is 32.2 Å². The van der Waals surface area contributed by atoms with Crippen molar-refractivity contribution in [3.8, 4) is 0 Å². The van der Waals surface area contributed by atoms with Crippen molar-refractivity contribution in [2.24, 2.45) is 0 Å². The first-order valence-corrected chi connectivity index (χ1v) is 8.44. The molecule has 0 aliphatic carbocycles. The van der Waals surface area contributed by atoms with Gasteiger partial charge in [-0.1, -0.05) is 6.07 Å². The largest absolute Gasteiger partial charge is 0.443 e. The van der Waals surface area contributed by atoms with Crippen LogP contribution in [0.2, 0.25) is 0 Å². The van der Waals surface area contributed by atoms with Gasteiger partial charge in [0, 0.05) is 12.6 Å². The quantitative estimate of drug-likeness (QED) is 0.581. The predicted molar refractivity (Wildman–Crippen MR) is 84.9 cm³/mol. The van der Waals surface area contributed by atoms with Gasteiger partial charge >= 0.3 is 5.76 Å². The van der Waals surface area contributed by atoms with E-state index in [0.717, 1.165) is 5.56 Å². The lowest BCUT2D eigenvalue weighted by molar-refractivity contribution is 0.553. The summed E-state index contributed by atoms with van der Waals surface area (Å²) in [6.07, 6.45) is 1.33. The number of benzene rings is 2. The van der Waals surface area contributed by atoms with Crippen LogP contribution < -0.4 is 10.5 Å². The van der Waals surface area contributed by atoms with Gasteiger partial charge in [0.05, 0.1) is 10.4 Å². The smallest absolute Gasteiger partial charge is 0.417 e. The van der Waals surface area contributed by atoms with Crippen molar-refractivity contribution in [3.63, 3.8) is 0 Å². The van der Waals surface area contributed by atoms with Crippen molar-refractivity contribution in [3.05, 3.63) is 58.9 Å². The average molecular weight is 345 g/mol. The van der Waals surface area contributed by atoms with Gasteiger partial charge in [-0.05, 0) is 29.8 Å². The first-order valence-electron chi connectivity index (χ1n) is 6.96. The predicted octanol–water partition coefficient (Wildman–Crippen LogP) is 1.74. The molecule has 24 heavy (non-hydrogen) atoms. The molecular weight excluding hydrogens is 334 g/mol. The Bertz CT molecular complexity index is 1200. The maximum Gasteiger partial charge on any atom is 0.417 e. The second kappa shape index (κ2) is 5.32. The summed E-state index contributed by atoms with van der Waals surface area (Å²) < 4.78 is 37.4. The van der Waals surface area contributed by atoms with E-state index in [4.69, 9.17) is 8.83 Å². The van der Waals surface area contributed by atoms with Crippen molar-refractivity contribution in [2.45, 2.75) is 11.4 Å². The molecule has 2 heterocycles. The Morgan fingerprint density at radius 3 is 2.88 bits per heavy atom. The molecule has 0 saturated carbocycles. The normalized spacial score (nSPS) is 12.2. The molecule has 0 spiro atoms. The highest BCUT2D eigenvalue weighted by molar-refractivity contribution is 7.89. The van der Waals surface area contributed by atoms with Gasteiger partial charge in [0.2, 0.25) is 10.0 Å². The lowest BCUT2D eigenvalue weighted by atomic mass is 10.2. The standard InChI is InChI=1S/C15H11N3O5S/c19-15-18-12-4-2-10(6-14(12)23-15)24(20,21)17-7-9-1-3-11-13(5-9)22-8-16-11/h1-6,8,17H,7H2,(H,18,19). The summed E-state index contributed by atoms with van der Waals surface area (Å²) in [6.45, 7) is 0.0914. The molecule has 0 bridgehead atoms. The third-order valence-corrected chi connectivity index (χ3v) is 4.96. The fourth-order valence-electron chi connectivity index (χ4n) is 2.36. The topological polar surface area (TPSA) is 118 Å². The van der Waals surface area contributed by atoms with Crippen LogP contribution in [0, 0.1) is 0 Å². The molecule has 0 fully saturated rings. The summed E-state index contributed by atoms with van der Waals surface area (Å²) in [6, 6.07) is 9.42. The van der Waals surface area contributed by atoms with Crippen LogP contribution >= 0.6 is 0 Å². The zero-order valence-corrected chi connectivity index (χ0v) is 13.0. The van der Waals surface area contributed by atoms with E-state index in [-0.39, 0.29) is 17.0 Å². The molecule has 0 aliphatic heterocycles. The second-order valence-electron chi connectivity index (χ2n) is 5.15. The molecule has 0 radical (unpaired) electrons. The second-order valence-corrected chi connectivity index (χ2v) is 6.92. The average Bonchev–Trinajstić information content (AvgIpc) is 3.16. The summed E-state index contributed by atoms with van der Waals surface area (Å²) in [5, 5.41) is 0. The maximum atomic E-state index is 12.4. The first kappa shape index (κ1) is 14.7. The van der Waals surface area contributed by atoms with Gasteiger partial charge in [0.15, 0.2) is 17.6 Å². The Hall–Kier alpha value is -2.91. The van der Waals surface area contributed by atoms with E-state index in [1.54, 1.807) is 18.2 Å². The molecule has 9 heteroatoms. The minimum atomic E-state index is -3.75. The zero-order chi connectivity index (χ0) is 16.7. The van der Waals surface area contributed by atoms with Crippen LogP contribution in [0.25, 0.3) is 22.2 Å². The van der Waals surface area contributed by atoms with E-state index in [2.05, 4.69) is 14.7 Å². The number of oxazole rings is 2. The van der Waals surface area contributed by atoms with Gasteiger partial charge in [-0.15, -0.1) is 0 Å². The number of hydrogen-bond donors (Lipinski definition) is 2. The Kier molecular flexibility index (Phi) is 3.25. The third kappa shape index (κ3) is 2.59. The molecule has 8 nitrogen and oxygen atoms in total. The molecule has 2 N–H and O–H groups in total. The van der Waals surface area contributed by atoms with Crippen LogP contribution in [0.5, 0.6) is 0 Å². The summed E-state index contributed by atoms with van der Waals surface area (Å²) in [5.74, 6) is -0.632. The molecule has 4 aromatic rings. The van der Waals surface area contributed by atoms with Crippen LogP contribution in [0.4, 0.5) is 0 Å². The number of nitrogens with one attached hydrogen (secondary N) is 2. The number of H-pyrrole nitrogens is 1. The van der Waals surface area contributed by atoms with Crippen molar-refractivity contribution in [2.75, 3.05) is 0 Å². The van der Waals surface area contributed by atoms with Crippen molar-refractivity contribution < 1.29 is 17.3 Å². The van der Waals surface area contributed by atoms with E-state index in [1.165, 1.54) is 24.6 Å². The molecule has 2 aromatic heterocycles. The number of sulfonamides is 1. The fraction of sp³-hybridized carbons (Fsp3) is 0.0667. The summed E-state index contributed by atoms with van der Waals surface area (Å²) in [7, 11) is -3.75. The Balaban J connectivity index is 1.60. The molecule has 0 aliphatic rings. The van der Waals surface area contributed by atoms with Gasteiger partial charge < -0.3 is 8.83 Å². The van der Waals surface area contributed by atoms with E-state index < -0.39 is 15.8 Å². The van der Waals surface area contributed by atoms with Crippen molar-refractivity contribution in [1.29, 1.82) is 0 Å². The molecule has 4 rings (SSSR count). The number of hydrogen-bond acceptors (Lipinski definition) is 6. The van der Waals surface area contributed by atoms with Gasteiger partial charge in [-0.3, -0.25) is 4.98 Å². The van der Waals surface area contributed by atoms with Gasteiger partial charge in [0.25, 0.3) is 0 Å². The highest BCUT2D eigenvalue weighted by Crippen LogP contribution is 2.18. The molecule has 0 unspecified atom stereocenters. The highest BCUT2D eigenvalue weighted by Gasteiger charge is 2.16. The van der Waals surface area contributed by atoms with E-state index in [1.807, 2.05) is 0 Å². The molecule has 0 atom stereocenters. The van der Waals surface area contributed by atoms with Gasteiger partial charge in [-0.25, -0.2) is 22.9 Å². The molecule has 0 amide bonds. The van der Waals surface area contributed by atoms with E-state index in [0.29, 0.717) is 16.6 Å². The maximum absolute atomic E-state index is 12.4. The lowest BCUT2D eigenvalue weighted by Gasteiger charge is -2.06. The lowest BCUT2D eigenvalue weighted by Crippen LogP contribution is -2.23. The summed E-state index contributed by atoms with van der Waals surface area (Å²) in [4.78, 5) is 17.6. The summed E-state index contributed by atoms with van der Waals surface area (Å²) >= 11 is 0. The van der Waals surface area contributed by atoms with Crippen LogP contribution in [0.15, 0.2) is 61.3 Å². The molecule has 122 valence electrons. The van der Waals surface area contributed by atoms with Crippen molar-refractivity contribution in [1.82, 2.24) is 14.7 Å².